The summed E-state index contributed by atoms with van der Waals surface area (Å²) in [6.45, 7) is 2.34. The van der Waals surface area contributed by atoms with Crippen molar-refractivity contribution in [1.29, 1.82) is 0 Å². The first-order valence-corrected chi connectivity index (χ1v) is 8.31. The van der Waals surface area contributed by atoms with Crippen molar-refractivity contribution in [2.24, 2.45) is 0 Å². The summed E-state index contributed by atoms with van der Waals surface area (Å²) in [5.41, 5.74) is 2.75. The van der Waals surface area contributed by atoms with Gasteiger partial charge in [-0.2, -0.15) is 0 Å². The standard InChI is InChI=1S/C19H15Cl2NO3/c1-11-2-3-12(19(23)24)8-17(11)22-10-16-4-5-18(25-16)13-6-14(20)9-15(21)7-13/h2-9,22H,10H2,1H3,(H,23,24). The number of furan rings is 1. The third-order valence-corrected chi connectivity index (χ3v) is 4.18. The highest BCUT2D eigenvalue weighted by Gasteiger charge is 2.09. The zero-order chi connectivity index (χ0) is 18.0. The van der Waals surface area contributed by atoms with Gasteiger partial charge in [0.05, 0.1) is 12.1 Å². The van der Waals surface area contributed by atoms with Gasteiger partial charge in [-0.25, -0.2) is 4.79 Å². The summed E-state index contributed by atoms with van der Waals surface area (Å²) in [7, 11) is 0. The molecule has 0 saturated carbocycles. The van der Waals surface area contributed by atoms with Crippen LogP contribution in [0.3, 0.4) is 0 Å². The van der Waals surface area contributed by atoms with Crippen LogP contribution in [0.4, 0.5) is 5.69 Å². The molecular weight excluding hydrogens is 361 g/mol. The van der Waals surface area contributed by atoms with E-state index in [-0.39, 0.29) is 5.56 Å². The van der Waals surface area contributed by atoms with E-state index in [1.807, 2.05) is 19.1 Å². The number of hydrogen-bond donors (Lipinski definition) is 2. The Morgan fingerprint density at radius 1 is 1.08 bits per heavy atom. The monoisotopic (exact) mass is 375 g/mol. The van der Waals surface area contributed by atoms with Crippen molar-refractivity contribution in [3.8, 4) is 11.3 Å². The molecule has 2 aromatic carbocycles. The quantitative estimate of drug-likeness (QED) is 0.584. The Labute approximate surface area is 155 Å². The molecule has 6 heteroatoms. The van der Waals surface area contributed by atoms with Crippen LogP contribution in [-0.4, -0.2) is 11.1 Å². The lowest BCUT2D eigenvalue weighted by molar-refractivity contribution is 0.0697. The van der Waals surface area contributed by atoms with Crippen LogP contribution in [0.2, 0.25) is 10.0 Å². The van der Waals surface area contributed by atoms with Crippen molar-refractivity contribution >= 4 is 34.9 Å². The molecule has 1 heterocycles. The first-order chi connectivity index (χ1) is 11.9. The minimum atomic E-state index is -0.957. The Kier molecular flexibility index (Phi) is 5.02. The molecule has 0 amide bonds. The van der Waals surface area contributed by atoms with Crippen LogP contribution in [0.15, 0.2) is 52.9 Å². The fourth-order valence-corrected chi connectivity index (χ4v) is 2.98. The molecule has 3 rings (SSSR count). The molecule has 0 saturated heterocycles. The average Bonchev–Trinajstić information content (AvgIpc) is 3.02. The third-order valence-electron chi connectivity index (χ3n) is 3.75. The first-order valence-electron chi connectivity index (χ1n) is 7.55. The van der Waals surface area contributed by atoms with E-state index in [0.29, 0.717) is 28.1 Å². The molecule has 4 nitrogen and oxygen atoms in total. The molecule has 25 heavy (non-hydrogen) atoms. The van der Waals surface area contributed by atoms with Crippen LogP contribution in [0.1, 0.15) is 21.7 Å². The SMILES string of the molecule is Cc1ccc(C(=O)O)cc1NCc1ccc(-c2cc(Cl)cc(Cl)c2)o1. The second-order valence-electron chi connectivity index (χ2n) is 5.61. The normalized spacial score (nSPS) is 10.7. The van der Waals surface area contributed by atoms with Crippen molar-refractivity contribution in [3.63, 3.8) is 0 Å². The van der Waals surface area contributed by atoms with Gasteiger partial charge >= 0.3 is 5.97 Å². The van der Waals surface area contributed by atoms with E-state index >= 15 is 0 Å². The molecule has 1 aromatic heterocycles. The summed E-state index contributed by atoms with van der Waals surface area (Å²) < 4.78 is 5.82. The average molecular weight is 376 g/mol. The first kappa shape index (κ1) is 17.4. The van der Waals surface area contributed by atoms with Crippen LogP contribution in [0.25, 0.3) is 11.3 Å². The second kappa shape index (κ2) is 7.21. The maximum Gasteiger partial charge on any atom is 0.335 e. The smallest absolute Gasteiger partial charge is 0.335 e. The number of benzene rings is 2. The lowest BCUT2D eigenvalue weighted by atomic mass is 10.1. The Balaban J connectivity index is 1.76. The van der Waals surface area contributed by atoms with E-state index in [0.717, 1.165) is 16.8 Å². The van der Waals surface area contributed by atoms with Gasteiger partial charge < -0.3 is 14.8 Å². The molecule has 0 fully saturated rings. The van der Waals surface area contributed by atoms with Crippen LogP contribution >= 0.6 is 23.2 Å². The Morgan fingerprint density at radius 3 is 2.48 bits per heavy atom. The molecule has 0 bridgehead atoms. The zero-order valence-electron chi connectivity index (χ0n) is 13.3. The summed E-state index contributed by atoms with van der Waals surface area (Å²) in [5, 5.41) is 13.4. The summed E-state index contributed by atoms with van der Waals surface area (Å²) in [6, 6.07) is 13.9. The summed E-state index contributed by atoms with van der Waals surface area (Å²) in [6.07, 6.45) is 0. The molecule has 128 valence electrons. The maximum atomic E-state index is 11.1. The molecule has 0 aliphatic heterocycles. The lowest BCUT2D eigenvalue weighted by Crippen LogP contribution is -2.03. The zero-order valence-corrected chi connectivity index (χ0v) is 14.9. The number of aryl methyl sites for hydroxylation is 1. The van der Waals surface area contributed by atoms with Gasteiger partial charge in [-0.05, 0) is 55.0 Å². The Hall–Kier alpha value is -2.43. The largest absolute Gasteiger partial charge is 0.478 e. The molecular formula is C19H15Cl2NO3. The van der Waals surface area contributed by atoms with Gasteiger partial charge in [-0.15, -0.1) is 0 Å². The van der Waals surface area contributed by atoms with E-state index in [1.165, 1.54) is 0 Å². The minimum Gasteiger partial charge on any atom is -0.478 e. The second-order valence-corrected chi connectivity index (χ2v) is 6.49. The van der Waals surface area contributed by atoms with Gasteiger partial charge in [0, 0.05) is 21.3 Å². The van der Waals surface area contributed by atoms with E-state index in [4.69, 9.17) is 32.7 Å². The number of rotatable bonds is 5. The number of hydrogen-bond acceptors (Lipinski definition) is 3. The van der Waals surface area contributed by atoms with E-state index in [2.05, 4.69) is 5.32 Å². The van der Waals surface area contributed by atoms with Crippen molar-refractivity contribution < 1.29 is 14.3 Å². The Morgan fingerprint density at radius 2 is 1.80 bits per heavy atom. The number of nitrogens with one attached hydrogen (secondary N) is 1. The number of anilines is 1. The van der Waals surface area contributed by atoms with E-state index in [1.54, 1.807) is 36.4 Å². The highest BCUT2D eigenvalue weighted by atomic mass is 35.5. The van der Waals surface area contributed by atoms with Crippen molar-refractivity contribution in [2.45, 2.75) is 13.5 Å². The molecule has 0 spiro atoms. The van der Waals surface area contributed by atoms with Gasteiger partial charge in [0.1, 0.15) is 11.5 Å². The fraction of sp³-hybridized carbons (Fsp3) is 0.105. The topological polar surface area (TPSA) is 62.5 Å². The van der Waals surface area contributed by atoms with Gasteiger partial charge in [-0.3, -0.25) is 0 Å². The van der Waals surface area contributed by atoms with Gasteiger partial charge in [-0.1, -0.05) is 29.3 Å². The van der Waals surface area contributed by atoms with Crippen LogP contribution < -0.4 is 5.32 Å². The van der Waals surface area contributed by atoms with Crippen molar-refractivity contribution in [1.82, 2.24) is 0 Å². The summed E-state index contributed by atoms with van der Waals surface area (Å²) in [4.78, 5) is 11.1. The van der Waals surface area contributed by atoms with Crippen LogP contribution in [0, 0.1) is 6.92 Å². The highest BCUT2D eigenvalue weighted by Crippen LogP contribution is 2.29. The van der Waals surface area contributed by atoms with Crippen molar-refractivity contribution in [2.75, 3.05) is 5.32 Å². The van der Waals surface area contributed by atoms with Gasteiger partial charge in [0.2, 0.25) is 0 Å². The predicted octanol–water partition coefficient (Wildman–Crippen LogP) is 5.87. The molecule has 3 aromatic rings. The van der Waals surface area contributed by atoms with E-state index in [9.17, 15) is 4.79 Å². The number of halogens is 2. The molecule has 0 radical (unpaired) electrons. The maximum absolute atomic E-state index is 11.1. The number of aromatic carboxylic acids is 1. The van der Waals surface area contributed by atoms with Gasteiger partial charge in [0.15, 0.2) is 0 Å². The number of carboxylic acids is 1. The van der Waals surface area contributed by atoms with Gasteiger partial charge in [0.25, 0.3) is 0 Å². The third kappa shape index (κ3) is 4.16. The molecule has 0 unspecified atom stereocenters. The molecule has 0 aliphatic carbocycles. The molecule has 2 N–H and O–H groups in total. The van der Waals surface area contributed by atoms with Crippen LogP contribution in [-0.2, 0) is 6.54 Å². The van der Waals surface area contributed by atoms with Crippen molar-refractivity contribution in [3.05, 3.63) is 75.5 Å². The predicted molar refractivity (Wildman–Crippen MR) is 99.6 cm³/mol. The summed E-state index contributed by atoms with van der Waals surface area (Å²) >= 11 is 12.0. The highest BCUT2D eigenvalue weighted by molar-refractivity contribution is 6.35. The fourth-order valence-electron chi connectivity index (χ4n) is 2.45. The number of carboxylic acid groups (broad SMARTS) is 1. The van der Waals surface area contributed by atoms with Crippen LogP contribution in [0.5, 0.6) is 0 Å². The summed E-state index contributed by atoms with van der Waals surface area (Å²) in [5.74, 6) is 0.421. The lowest BCUT2D eigenvalue weighted by Gasteiger charge is -2.09. The molecule has 0 aliphatic rings. The Bertz CT molecular complexity index is 914. The van der Waals surface area contributed by atoms with E-state index < -0.39 is 5.97 Å². The molecule has 0 atom stereocenters. The minimum absolute atomic E-state index is 0.238. The number of carbonyl (C=O) groups is 1.